The Morgan fingerprint density at radius 1 is 1.19 bits per heavy atom. The number of sulfonamides is 1. The summed E-state index contributed by atoms with van der Waals surface area (Å²) in [6.45, 7) is 0.683. The molecule has 0 spiro atoms. The van der Waals surface area contributed by atoms with Gasteiger partial charge in [-0.05, 0) is 35.7 Å². The maximum absolute atomic E-state index is 13.1. The molecule has 2 heterocycles. The summed E-state index contributed by atoms with van der Waals surface area (Å²) in [7, 11) is -2.38. The molecule has 27 heavy (non-hydrogen) atoms. The first-order valence-corrected chi connectivity index (χ1v) is 10.4. The van der Waals surface area contributed by atoms with E-state index < -0.39 is 10.0 Å². The largest absolute Gasteiger partial charge is 0.495 e. The first-order chi connectivity index (χ1) is 12.9. The van der Waals surface area contributed by atoms with Gasteiger partial charge in [-0.2, -0.15) is 4.31 Å². The van der Waals surface area contributed by atoms with Crippen molar-refractivity contribution in [3.63, 3.8) is 0 Å². The zero-order valence-corrected chi connectivity index (χ0v) is 16.3. The predicted octanol–water partition coefficient (Wildman–Crippen LogP) is 2.48. The molecule has 2 aromatic carbocycles. The van der Waals surface area contributed by atoms with E-state index in [0.717, 1.165) is 12.0 Å². The van der Waals surface area contributed by atoms with Crippen molar-refractivity contribution in [2.45, 2.75) is 17.4 Å². The van der Waals surface area contributed by atoms with Crippen molar-refractivity contribution < 1.29 is 17.9 Å². The minimum absolute atomic E-state index is 0.0543. The molecular formula is C19H19ClN2O4S. The molecule has 0 aliphatic carbocycles. The third kappa shape index (κ3) is 3.09. The van der Waals surface area contributed by atoms with Gasteiger partial charge in [0.05, 0.1) is 29.6 Å². The van der Waals surface area contributed by atoms with Gasteiger partial charge in [-0.25, -0.2) is 8.42 Å². The molecule has 0 aromatic heterocycles. The van der Waals surface area contributed by atoms with Crippen molar-refractivity contribution in [1.82, 2.24) is 9.21 Å². The highest BCUT2D eigenvalue weighted by Crippen LogP contribution is 2.35. The van der Waals surface area contributed by atoms with Crippen molar-refractivity contribution in [1.29, 1.82) is 0 Å². The van der Waals surface area contributed by atoms with Gasteiger partial charge in [0.2, 0.25) is 15.9 Å². The molecule has 2 aromatic rings. The Morgan fingerprint density at radius 3 is 2.70 bits per heavy atom. The van der Waals surface area contributed by atoms with Crippen LogP contribution in [0.15, 0.2) is 47.4 Å². The van der Waals surface area contributed by atoms with Gasteiger partial charge in [-0.3, -0.25) is 4.79 Å². The molecule has 0 radical (unpaired) electrons. The fourth-order valence-corrected chi connectivity index (χ4v) is 5.53. The second kappa shape index (κ2) is 6.82. The maximum Gasteiger partial charge on any atom is 0.243 e. The first kappa shape index (κ1) is 18.3. The number of amides is 1. The van der Waals surface area contributed by atoms with Gasteiger partial charge in [0.15, 0.2) is 0 Å². The van der Waals surface area contributed by atoms with Crippen LogP contribution in [0.3, 0.4) is 0 Å². The summed E-state index contributed by atoms with van der Waals surface area (Å²) in [5.74, 6) is 0.224. The molecule has 8 heteroatoms. The lowest BCUT2D eigenvalue weighted by atomic mass is 9.91. The summed E-state index contributed by atoms with van der Waals surface area (Å²) in [4.78, 5) is 14.5. The number of benzene rings is 2. The molecule has 0 bridgehead atoms. The van der Waals surface area contributed by atoms with Crippen molar-refractivity contribution >= 4 is 27.5 Å². The second-order valence-corrected chi connectivity index (χ2v) is 8.99. The van der Waals surface area contributed by atoms with Crippen LogP contribution in [0, 0.1) is 0 Å². The highest BCUT2D eigenvalue weighted by Gasteiger charge is 2.41. The van der Waals surface area contributed by atoms with E-state index in [-0.39, 0.29) is 35.0 Å². The third-order valence-electron chi connectivity index (χ3n) is 5.18. The Morgan fingerprint density at radius 2 is 1.96 bits per heavy atom. The van der Waals surface area contributed by atoms with Crippen molar-refractivity contribution in [2.24, 2.45) is 0 Å². The van der Waals surface area contributed by atoms with Crippen LogP contribution in [0.4, 0.5) is 0 Å². The molecule has 0 N–H and O–H groups in total. The highest BCUT2D eigenvalue weighted by molar-refractivity contribution is 7.89. The molecular weight excluding hydrogens is 388 g/mol. The summed E-state index contributed by atoms with van der Waals surface area (Å²) in [5, 5.41) is 0.214. The lowest BCUT2D eigenvalue weighted by Crippen LogP contribution is -2.55. The highest BCUT2D eigenvalue weighted by atomic mass is 35.5. The Kier molecular flexibility index (Phi) is 4.61. The quantitative estimate of drug-likeness (QED) is 0.785. The molecule has 0 saturated carbocycles. The van der Waals surface area contributed by atoms with E-state index in [0.29, 0.717) is 12.3 Å². The zero-order chi connectivity index (χ0) is 19.2. The smallest absolute Gasteiger partial charge is 0.243 e. The Labute approximate surface area is 163 Å². The minimum Gasteiger partial charge on any atom is -0.495 e. The number of rotatable bonds is 3. The lowest BCUT2D eigenvalue weighted by molar-refractivity contribution is -0.138. The molecule has 6 nitrogen and oxygen atoms in total. The van der Waals surface area contributed by atoms with Gasteiger partial charge >= 0.3 is 0 Å². The van der Waals surface area contributed by atoms with Gasteiger partial charge in [0, 0.05) is 13.1 Å². The Bertz CT molecular complexity index is 1010. The first-order valence-electron chi connectivity index (χ1n) is 8.63. The summed E-state index contributed by atoms with van der Waals surface area (Å²) in [6.07, 6.45) is 0.791. The molecule has 142 valence electrons. The van der Waals surface area contributed by atoms with Crippen molar-refractivity contribution in [3.05, 3.63) is 58.6 Å². The van der Waals surface area contributed by atoms with E-state index in [9.17, 15) is 13.2 Å². The number of nitrogens with zero attached hydrogens (tertiary/aromatic N) is 2. The van der Waals surface area contributed by atoms with Crippen LogP contribution in [0.2, 0.25) is 5.02 Å². The van der Waals surface area contributed by atoms with Gasteiger partial charge in [0.1, 0.15) is 5.75 Å². The van der Waals surface area contributed by atoms with E-state index in [1.165, 1.54) is 35.2 Å². The number of hydrogen-bond donors (Lipinski definition) is 0. The van der Waals surface area contributed by atoms with E-state index in [1.54, 1.807) is 4.90 Å². The summed E-state index contributed by atoms with van der Waals surface area (Å²) in [6, 6.07) is 12.0. The van der Waals surface area contributed by atoms with Crippen LogP contribution in [0.5, 0.6) is 5.75 Å². The van der Waals surface area contributed by atoms with Crippen molar-refractivity contribution in [3.8, 4) is 5.75 Å². The maximum atomic E-state index is 13.1. The summed E-state index contributed by atoms with van der Waals surface area (Å²) in [5.41, 5.74) is 2.18. The van der Waals surface area contributed by atoms with Gasteiger partial charge in [0.25, 0.3) is 0 Å². The third-order valence-corrected chi connectivity index (χ3v) is 7.28. The lowest BCUT2D eigenvalue weighted by Gasteiger charge is -2.44. The van der Waals surface area contributed by atoms with Gasteiger partial charge in [-0.1, -0.05) is 35.9 Å². The topological polar surface area (TPSA) is 66.9 Å². The van der Waals surface area contributed by atoms with Crippen LogP contribution in [-0.2, 0) is 21.2 Å². The summed E-state index contributed by atoms with van der Waals surface area (Å²) < 4.78 is 32.6. The van der Waals surface area contributed by atoms with Crippen molar-refractivity contribution in [2.75, 3.05) is 26.7 Å². The average Bonchev–Trinajstić information content (AvgIpc) is 2.67. The van der Waals surface area contributed by atoms with Crippen LogP contribution < -0.4 is 4.74 Å². The number of carbonyl (C=O) groups is 1. The fraction of sp³-hybridized carbons (Fsp3) is 0.316. The standard InChI is InChI=1S/C19H19ClN2O4S/c1-26-18-7-6-14(10-16(18)20)27(24,25)21-11-17-15-5-3-2-4-13(15)8-9-22(17)19(23)12-21/h2-7,10,17H,8-9,11-12H2,1H3/t17-/m0/s1. The van der Waals surface area contributed by atoms with Crippen LogP contribution in [-0.4, -0.2) is 50.3 Å². The van der Waals surface area contributed by atoms with E-state index >= 15 is 0 Å². The molecule has 1 atom stereocenters. The normalized spacial score (nSPS) is 20.1. The van der Waals surface area contributed by atoms with E-state index in [4.69, 9.17) is 16.3 Å². The SMILES string of the molecule is COc1ccc(S(=O)(=O)N2CC(=O)N3CCc4ccccc4[C@@H]3C2)cc1Cl. The molecule has 1 amide bonds. The number of hydrogen-bond acceptors (Lipinski definition) is 4. The number of methoxy groups -OCH3 is 1. The fourth-order valence-electron chi connectivity index (χ4n) is 3.79. The Hall–Kier alpha value is -2.09. The van der Waals surface area contributed by atoms with E-state index in [2.05, 4.69) is 0 Å². The number of fused-ring (bicyclic) bond motifs is 3. The number of ether oxygens (including phenoxy) is 1. The Balaban J connectivity index is 1.69. The monoisotopic (exact) mass is 406 g/mol. The molecule has 0 unspecified atom stereocenters. The molecule has 1 fully saturated rings. The van der Waals surface area contributed by atoms with Gasteiger partial charge in [-0.15, -0.1) is 0 Å². The second-order valence-electron chi connectivity index (χ2n) is 6.65. The summed E-state index contributed by atoms with van der Waals surface area (Å²) >= 11 is 6.10. The zero-order valence-electron chi connectivity index (χ0n) is 14.8. The average molecular weight is 407 g/mol. The minimum atomic E-state index is -3.85. The van der Waals surface area contributed by atoms with Crippen LogP contribution in [0.1, 0.15) is 17.2 Å². The molecule has 1 saturated heterocycles. The molecule has 4 rings (SSSR count). The number of halogens is 1. The van der Waals surface area contributed by atoms with Crippen LogP contribution in [0.25, 0.3) is 0 Å². The van der Waals surface area contributed by atoms with E-state index in [1.807, 2.05) is 24.3 Å². The number of carbonyl (C=O) groups excluding carboxylic acids is 1. The number of piperazine rings is 1. The molecule has 2 aliphatic rings. The van der Waals surface area contributed by atoms with Crippen LogP contribution >= 0.6 is 11.6 Å². The predicted molar refractivity (Wildman–Crippen MR) is 101 cm³/mol. The van der Waals surface area contributed by atoms with Gasteiger partial charge < -0.3 is 9.64 Å². The molecule has 2 aliphatic heterocycles.